The Morgan fingerprint density at radius 2 is 1.89 bits per heavy atom. The molecule has 3 atom stereocenters. The number of fused-ring (bicyclic) bond motifs is 1. The molecule has 3 rings (SSSR count). The SMILES string of the molecule is Cc1ccc(N)cc1C12CCCCC1C(C)CCC2. The van der Waals surface area contributed by atoms with Gasteiger partial charge in [0.05, 0.1) is 0 Å². The van der Waals surface area contributed by atoms with Crippen molar-refractivity contribution in [2.75, 3.05) is 5.73 Å². The van der Waals surface area contributed by atoms with E-state index in [1.807, 2.05) is 0 Å². The summed E-state index contributed by atoms with van der Waals surface area (Å²) < 4.78 is 0. The Hall–Kier alpha value is -0.980. The topological polar surface area (TPSA) is 26.0 Å². The molecule has 0 heterocycles. The number of nitrogens with two attached hydrogens (primary N) is 1. The maximum Gasteiger partial charge on any atom is 0.0317 e. The van der Waals surface area contributed by atoms with Gasteiger partial charge in [0, 0.05) is 5.69 Å². The first-order valence-corrected chi connectivity index (χ1v) is 8.00. The lowest BCUT2D eigenvalue weighted by atomic mass is 9.53. The maximum absolute atomic E-state index is 6.09. The van der Waals surface area contributed by atoms with Crippen LogP contribution < -0.4 is 5.73 Å². The van der Waals surface area contributed by atoms with Crippen molar-refractivity contribution in [3.05, 3.63) is 29.3 Å². The van der Waals surface area contributed by atoms with Crippen LogP contribution in [0, 0.1) is 18.8 Å². The first-order chi connectivity index (χ1) is 9.13. The summed E-state index contributed by atoms with van der Waals surface area (Å²) in [4.78, 5) is 0. The van der Waals surface area contributed by atoms with Crippen LogP contribution in [0.15, 0.2) is 18.2 Å². The summed E-state index contributed by atoms with van der Waals surface area (Å²) in [6.07, 6.45) is 9.84. The van der Waals surface area contributed by atoms with Crippen LogP contribution in [0.5, 0.6) is 0 Å². The predicted molar refractivity (Wildman–Crippen MR) is 82.2 cm³/mol. The number of rotatable bonds is 1. The quantitative estimate of drug-likeness (QED) is 0.717. The van der Waals surface area contributed by atoms with E-state index in [0.717, 1.165) is 17.5 Å². The van der Waals surface area contributed by atoms with Gasteiger partial charge in [-0.05, 0) is 66.7 Å². The molecular formula is C18H27N. The van der Waals surface area contributed by atoms with Crippen LogP contribution in [0.4, 0.5) is 5.69 Å². The minimum absolute atomic E-state index is 0.440. The Kier molecular flexibility index (Phi) is 3.32. The monoisotopic (exact) mass is 257 g/mol. The Balaban J connectivity index is 2.09. The van der Waals surface area contributed by atoms with Crippen LogP contribution >= 0.6 is 0 Å². The second-order valence-corrected chi connectivity index (χ2v) is 6.95. The van der Waals surface area contributed by atoms with Crippen LogP contribution in [0.1, 0.15) is 63.0 Å². The zero-order valence-electron chi connectivity index (χ0n) is 12.4. The third-order valence-corrected chi connectivity index (χ3v) is 5.87. The van der Waals surface area contributed by atoms with Crippen LogP contribution in [-0.2, 0) is 5.41 Å². The molecule has 2 aliphatic rings. The van der Waals surface area contributed by atoms with Crippen LogP contribution in [0.25, 0.3) is 0 Å². The van der Waals surface area contributed by atoms with E-state index in [1.54, 1.807) is 5.56 Å². The second-order valence-electron chi connectivity index (χ2n) is 6.95. The highest BCUT2D eigenvalue weighted by atomic mass is 14.6. The largest absolute Gasteiger partial charge is 0.399 e. The Morgan fingerprint density at radius 3 is 2.74 bits per heavy atom. The van der Waals surface area contributed by atoms with Gasteiger partial charge in [-0.2, -0.15) is 0 Å². The average Bonchev–Trinajstić information content (AvgIpc) is 2.42. The summed E-state index contributed by atoms with van der Waals surface area (Å²) in [5.41, 5.74) is 10.5. The van der Waals surface area contributed by atoms with Crippen molar-refractivity contribution in [2.45, 2.75) is 64.2 Å². The molecule has 0 radical (unpaired) electrons. The van der Waals surface area contributed by atoms with E-state index in [0.29, 0.717) is 5.41 Å². The molecule has 104 valence electrons. The molecule has 1 aromatic rings. The third-order valence-electron chi connectivity index (χ3n) is 5.87. The van der Waals surface area contributed by atoms with E-state index in [9.17, 15) is 0 Å². The zero-order chi connectivity index (χ0) is 13.5. The lowest BCUT2D eigenvalue weighted by Gasteiger charge is -2.51. The number of hydrogen-bond acceptors (Lipinski definition) is 1. The van der Waals surface area contributed by atoms with Crippen molar-refractivity contribution in [3.63, 3.8) is 0 Å². The summed E-state index contributed by atoms with van der Waals surface area (Å²) in [7, 11) is 0. The molecule has 0 saturated heterocycles. The molecule has 1 nitrogen and oxygen atoms in total. The molecule has 19 heavy (non-hydrogen) atoms. The molecule has 2 fully saturated rings. The molecule has 1 aromatic carbocycles. The molecule has 0 aliphatic heterocycles. The van der Waals surface area contributed by atoms with E-state index in [2.05, 4.69) is 32.0 Å². The normalized spacial score (nSPS) is 34.8. The molecule has 2 aliphatic carbocycles. The Morgan fingerprint density at radius 1 is 1.11 bits per heavy atom. The molecule has 0 spiro atoms. The van der Waals surface area contributed by atoms with Gasteiger partial charge >= 0.3 is 0 Å². The van der Waals surface area contributed by atoms with Crippen LogP contribution in [-0.4, -0.2) is 0 Å². The van der Waals surface area contributed by atoms with Crippen molar-refractivity contribution in [2.24, 2.45) is 11.8 Å². The standard InChI is InChI=1S/C18H27N/c1-13-6-5-11-18(10-4-3-7-16(13)18)17-12-15(19)9-8-14(17)2/h8-9,12-13,16H,3-7,10-11,19H2,1-2H3. The molecule has 0 amide bonds. The number of nitrogen functional groups attached to an aromatic ring is 1. The van der Waals surface area contributed by atoms with Crippen LogP contribution in [0.3, 0.4) is 0 Å². The fourth-order valence-corrected chi connectivity index (χ4v) is 4.99. The van der Waals surface area contributed by atoms with Gasteiger partial charge in [0.1, 0.15) is 0 Å². The summed E-state index contributed by atoms with van der Waals surface area (Å²) in [6, 6.07) is 6.57. The smallest absolute Gasteiger partial charge is 0.0317 e. The van der Waals surface area contributed by atoms with E-state index < -0.39 is 0 Å². The highest BCUT2D eigenvalue weighted by molar-refractivity contribution is 5.48. The minimum Gasteiger partial charge on any atom is -0.399 e. The number of anilines is 1. The molecule has 3 unspecified atom stereocenters. The fourth-order valence-electron chi connectivity index (χ4n) is 4.99. The van der Waals surface area contributed by atoms with Crippen molar-refractivity contribution in [1.29, 1.82) is 0 Å². The number of aryl methyl sites for hydroxylation is 1. The first-order valence-electron chi connectivity index (χ1n) is 8.00. The fraction of sp³-hybridized carbons (Fsp3) is 0.667. The molecule has 1 heteroatoms. The van der Waals surface area contributed by atoms with Gasteiger partial charge in [0.2, 0.25) is 0 Å². The summed E-state index contributed by atoms with van der Waals surface area (Å²) in [5, 5.41) is 0. The van der Waals surface area contributed by atoms with E-state index in [4.69, 9.17) is 5.73 Å². The number of hydrogen-bond donors (Lipinski definition) is 1. The first kappa shape index (κ1) is 13.0. The van der Waals surface area contributed by atoms with Crippen molar-refractivity contribution >= 4 is 5.69 Å². The van der Waals surface area contributed by atoms with Gasteiger partial charge < -0.3 is 5.73 Å². The highest BCUT2D eigenvalue weighted by Gasteiger charge is 2.46. The van der Waals surface area contributed by atoms with E-state index in [-0.39, 0.29) is 0 Å². The van der Waals surface area contributed by atoms with Gasteiger partial charge in [-0.1, -0.05) is 38.7 Å². The van der Waals surface area contributed by atoms with Gasteiger partial charge in [-0.15, -0.1) is 0 Å². The molecule has 0 bridgehead atoms. The van der Waals surface area contributed by atoms with Crippen LogP contribution in [0.2, 0.25) is 0 Å². The Bertz CT molecular complexity index is 461. The second kappa shape index (κ2) is 4.85. The van der Waals surface area contributed by atoms with Crippen molar-refractivity contribution < 1.29 is 0 Å². The highest BCUT2D eigenvalue weighted by Crippen LogP contribution is 2.54. The summed E-state index contributed by atoms with van der Waals surface area (Å²) in [5.74, 6) is 1.77. The van der Waals surface area contributed by atoms with Crippen molar-refractivity contribution in [3.8, 4) is 0 Å². The molecular weight excluding hydrogens is 230 g/mol. The maximum atomic E-state index is 6.09. The van der Waals surface area contributed by atoms with Gasteiger partial charge in [-0.3, -0.25) is 0 Å². The summed E-state index contributed by atoms with van der Waals surface area (Å²) in [6.45, 7) is 4.75. The zero-order valence-corrected chi connectivity index (χ0v) is 12.4. The molecule has 2 N–H and O–H groups in total. The third kappa shape index (κ3) is 2.07. The lowest BCUT2D eigenvalue weighted by Crippen LogP contribution is -2.44. The van der Waals surface area contributed by atoms with E-state index in [1.165, 1.54) is 50.5 Å². The average molecular weight is 257 g/mol. The van der Waals surface area contributed by atoms with Gasteiger partial charge in [0.15, 0.2) is 0 Å². The molecule has 2 saturated carbocycles. The minimum atomic E-state index is 0.440. The van der Waals surface area contributed by atoms with E-state index >= 15 is 0 Å². The molecule has 0 aromatic heterocycles. The lowest BCUT2D eigenvalue weighted by molar-refractivity contribution is 0.0748. The summed E-state index contributed by atoms with van der Waals surface area (Å²) >= 11 is 0. The van der Waals surface area contributed by atoms with Crippen molar-refractivity contribution in [1.82, 2.24) is 0 Å². The van der Waals surface area contributed by atoms with Gasteiger partial charge in [-0.25, -0.2) is 0 Å². The Labute approximate surface area is 117 Å². The van der Waals surface area contributed by atoms with Gasteiger partial charge in [0.25, 0.3) is 0 Å². The number of benzene rings is 1. The predicted octanol–water partition coefficient (Wildman–Crippen LogP) is 4.83.